The predicted octanol–water partition coefficient (Wildman–Crippen LogP) is 3.54. The van der Waals surface area contributed by atoms with E-state index in [1.807, 2.05) is 0 Å². The number of alkyl halides is 3. The van der Waals surface area contributed by atoms with Crippen molar-refractivity contribution < 1.29 is 22.7 Å². The van der Waals surface area contributed by atoms with E-state index in [-0.39, 0.29) is 18.8 Å². The van der Waals surface area contributed by atoms with Gasteiger partial charge in [0.15, 0.2) is 0 Å². The van der Waals surface area contributed by atoms with Gasteiger partial charge in [-0.1, -0.05) is 23.7 Å². The minimum atomic E-state index is -4.50. The van der Waals surface area contributed by atoms with Gasteiger partial charge in [0.1, 0.15) is 12.2 Å². The predicted molar refractivity (Wildman–Crippen MR) is 80.6 cm³/mol. The van der Waals surface area contributed by atoms with Crippen LogP contribution in [-0.4, -0.2) is 48.8 Å². The van der Waals surface area contributed by atoms with Gasteiger partial charge < -0.3 is 9.64 Å². The first-order chi connectivity index (χ1) is 10.8. The number of benzene rings is 1. The molecule has 0 saturated carbocycles. The molecule has 0 atom stereocenters. The van der Waals surface area contributed by atoms with Crippen LogP contribution in [0.5, 0.6) is 0 Å². The fourth-order valence-electron chi connectivity index (χ4n) is 2.04. The molecule has 0 aliphatic rings. The summed E-state index contributed by atoms with van der Waals surface area (Å²) in [4.78, 5) is 17.1. The van der Waals surface area contributed by atoms with Crippen LogP contribution in [0.4, 0.5) is 13.2 Å². The molecule has 0 N–H and O–H groups in total. The van der Waals surface area contributed by atoms with Gasteiger partial charge in [-0.25, -0.2) is 4.98 Å². The van der Waals surface area contributed by atoms with Crippen LogP contribution in [-0.2, 0) is 4.74 Å². The second-order valence-electron chi connectivity index (χ2n) is 4.87. The summed E-state index contributed by atoms with van der Waals surface area (Å²) in [6.07, 6.45) is -4.50. The monoisotopic (exact) mass is 346 g/mol. The Bertz CT molecular complexity index is 707. The topological polar surface area (TPSA) is 42.4 Å². The van der Waals surface area contributed by atoms with Crippen molar-refractivity contribution in [1.82, 2.24) is 9.88 Å². The van der Waals surface area contributed by atoms with E-state index in [4.69, 9.17) is 16.3 Å². The van der Waals surface area contributed by atoms with Crippen LogP contribution in [0.3, 0.4) is 0 Å². The highest BCUT2D eigenvalue weighted by Crippen LogP contribution is 2.20. The van der Waals surface area contributed by atoms with Gasteiger partial charge in [0.2, 0.25) is 0 Å². The fourth-order valence-corrected chi connectivity index (χ4v) is 2.21. The van der Waals surface area contributed by atoms with E-state index < -0.39 is 18.6 Å². The Labute approximate surface area is 135 Å². The van der Waals surface area contributed by atoms with Crippen LogP contribution in [0.15, 0.2) is 30.3 Å². The molecule has 124 valence electrons. The molecular formula is C15H14ClF3N2O2. The van der Waals surface area contributed by atoms with Gasteiger partial charge in [-0.2, -0.15) is 13.2 Å². The maximum absolute atomic E-state index is 12.6. The highest BCUT2D eigenvalue weighted by molar-refractivity contribution is 6.31. The number of fused-ring (bicyclic) bond motifs is 1. The Kier molecular flexibility index (Phi) is 5.43. The summed E-state index contributed by atoms with van der Waals surface area (Å²) in [5.74, 6) is -0.804. The molecule has 8 heteroatoms. The molecule has 2 aromatic rings. The number of hydrogen-bond acceptors (Lipinski definition) is 3. The van der Waals surface area contributed by atoms with Gasteiger partial charge in [-0.05, 0) is 18.2 Å². The van der Waals surface area contributed by atoms with Gasteiger partial charge >= 0.3 is 6.18 Å². The maximum Gasteiger partial charge on any atom is 0.406 e. The number of hydrogen-bond donors (Lipinski definition) is 0. The molecule has 4 nitrogen and oxygen atoms in total. The largest absolute Gasteiger partial charge is 0.406 e. The van der Waals surface area contributed by atoms with Crippen LogP contribution >= 0.6 is 11.6 Å². The van der Waals surface area contributed by atoms with E-state index in [2.05, 4.69) is 4.98 Å². The van der Waals surface area contributed by atoms with Crippen LogP contribution in [0.25, 0.3) is 10.9 Å². The van der Waals surface area contributed by atoms with Gasteiger partial charge in [0, 0.05) is 24.1 Å². The summed E-state index contributed by atoms with van der Waals surface area (Å²) in [6, 6.07) is 7.96. The molecule has 1 amide bonds. The molecule has 0 unspecified atom stereocenters. The molecule has 1 aromatic carbocycles. The Morgan fingerprint density at radius 2 is 2.00 bits per heavy atom. The highest BCUT2D eigenvalue weighted by Gasteiger charge is 2.33. The number of carbonyl (C=O) groups is 1. The lowest BCUT2D eigenvalue weighted by Gasteiger charge is -2.23. The number of pyridine rings is 1. The summed E-state index contributed by atoms with van der Waals surface area (Å²) in [7, 11) is 1.35. The maximum atomic E-state index is 12.6. The van der Waals surface area contributed by atoms with Crippen LogP contribution in [0.1, 0.15) is 10.5 Å². The molecule has 0 fully saturated rings. The number of amides is 1. The van der Waals surface area contributed by atoms with E-state index in [9.17, 15) is 18.0 Å². The lowest BCUT2D eigenvalue weighted by Crippen LogP contribution is -2.41. The zero-order valence-corrected chi connectivity index (χ0v) is 13.0. The van der Waals surface area contributed by atoms with Crippen molar-refractivity contribution >= 4 is 28.4 Å². The van der Waals surface area contributed by atoms with Crippen molar-refractivity contribution in [3.63, 3.8) is 0 Å². The van der Waals surface area contributed by atoms with Crippen molar-refractivity contribution in [3.8, 4) is 0 Å². The van der Waals surface area contributed by atoms with E-state index in [0.717, 1.165) is 5.39 Å². The number of carbonyl (C=O) groups excluding carboxylic acids is 1. The average molecular weight is 347 g/mol. The van der Waals surface area contributed by atoms with Gasteiger partial charge in [-0.3, -0.25) is 4.79 Å². The first-order valence-electron chi connectivity index (χ1n) is 6.71. The minimum Gasteiger partial charge on any atom is -0.383 e. The average Bonchev–Trinajstić information content (AvgIpc) is 2.48. The van der Waals surface area contributed by atoms with E-state index in [0.29, 0.717) is 15.4 Å². The molecule has 0 aliphatic heterocycles. The van der Waals surface area contributed by atoms with Crippen LogP contribution < -0.4 is 0 Å². The molecule has 2 rings (SSSR count). The Balaban J connectivity index is 2.30. The van der Waals surface area contributed by atoms with Gasteiger partial charge in [0.25, 0.3) is 5.91 Å². The van der Waals surface area contributed by atoms with Gasteiger partial charge in [-0.15, -0.1) is 0 Å². The molecule has 1 heterocycles. The second-order valence-corrected chi connectivity index (χ2v) is 5.30. The van der Waals surface area contributed by atoms with Crippen molar-refractivity contribution in [2.24, 2.45) is 0 Å². The van der Waals surface area contributed by atoms with Crippen molar-refractivity contribution in [2.75, 3.05) is 26.8 Å². The Morgan fingerprint density at radius 1 is 1.30 bits per heavy atom. The lowest BCUT2D eigenvalue weighted by molar-refractivity contribution is -0.141. The number of nitrogens with zero attached hydrogens (tertiary/aromatic N) is 2. The van der Waals surface area contributed by atoms with Crippen molar-refractivity contribution in [1.29, 1.82) is 0 Å². The molecule has 1 aromatic heterocycles. The fraction of sp³-hybridized carbons (Fsp3) is 0.333. The van der Waals surface area contributed by atoms with E-state index in [1.54, 1.807) is 24.3 Å². The molecule has 0 saturated heterocycles. The Morgan fingerprint density at radius 3 is 2.65 bits per heavy atom. The standard InChI is InChI=1S/C15H14ClF3N2O2/c1-23-7-6-21(9-15(17,18)19)14(22)12-5-3-10-2-4-11(16)8-13(10)20-12/h2-5,8H,6-7,9H2,1H3. The summed E-state index contributed by atoms with van der Waals surface area (Å²) in [5, 5.41) is 1.17. The number of ether oxygens (including phenoxy) is 1. The number of halogens is 4. The highest BCUT2D eigenvalue weighted by atomic mass is 35.5. The normalized spacial score (nSPS) is 11.7. The van der Waals surface area contributed by atoms with Gasteiger partial charge in [0.05, 0.1) is 12.1 Å². The zero-order valence-electron chi connectivity index (χ0n) is 12.2. The minimum absolute atomic E-state index is 0.00122. The zero-order chi connectivity index (χ0) is 17.0. The lowest BCUT2D eigenvalue weighted by atomic mass is 10.2. The van der Waals surface area contributed by atoms with Crippen LogP contribution in [0, 0.1) is 0 Å². The second kappa shape index (κ2) is 7.14. The number of methoxy groups -OCH3 is 1. The third kappa shape index (κ3) is 4.80. The third-order valence-corrected chi connectivity index (χ3v) is 3.33. The molecular weight excluding hydrogens is 333 g/mol. The Hall–Kier alpha value is -1.86. The summed E-state index contributed by atoms with van der Waals surface area (Å²) >= 11 is 5.87. The molecule has 0 radical (unpaired) electrons. The molecule has 0 bridgehead atoms. The number of aromatic nitrogens is 1. The van der Waals surface area contributed by atoms with Crippen molar-refractivity contribution in [2.45, 2.75) is 6.18 Å². The van der Waals surface area contributed by atoms with E-state index in [1.165, 1.54) is 13.2 Å². The third-order valence-electron chi connectivity index (χ3n) is 3.10. The summed E-state index contributed by atoms with van der Waals surface area (Å²) < 4.78 is 42.7. The number of rotatable bonds is 5. The summed E-state index contributed by atoms with van der Waals surface area (Å²) in [6.45, 7) is -1.53. The summed E-state index contributed by atoms with van der Waals surface area (Å²) in [5.41, 5.74) is 0.377. The molecule has 0 spiro atoms. The van der Waals surface area contributed by atoms with E-state index >= 15 is 0 Å². The van der Waals surface area contributed by atoms with Crippen LogP contribution in [0.2, 0.25) is 5.02 Å². The SMILES string of the molecule is COCCN(CC(F)(F)F)C(=O)c1ccc2ccc(Cl)cc2n1. The first-order valence-corrected chi connectivity index (χ1v) is 7.09. The quantitative estimate of drug-likeness (QED) is 0.831. The first kappa shape index (κ1) is 17.5. The smallest absolute Gasteiger partial charge is 0.383 e. The molecule has 0 aliphatic carbocycles. The molecule has 23 heavy (non-hydrogen) atoms. The van der Waals surface area contributed by atoms with Crippen molar-refractivity contribution in [3.05, 3.63) is 41.0 Å².